The summed E-state index contributed by atoms with van der Waals surface area (Å²) in [6.07, 6.45) is 0. The molecule has 0 amide bonds. The standard InChI is InChI=1S/C11H13N3O6S/c15-11(16)10-7-13(6-5-12-10)21(19,20)9-3-1-8(2-4-9)14(17)18/h1-4,10,12H,5-7H2,(H,15,16). The molecule has 1 heterocycles. The maximum atomic E-state index is 12.4. The van der Waals surface area contributed by atoms with Crippen molar-refractivity contribution < 1.29 is 23.2 Å². The molecule has 1 atom stereocenters. The van der Waals surface area contributed by atoms with Crippen molar-refractivity contribution in [3.05, 3.63) is 34.4 Å². The highest BCUT2D eigenvalue weighted by Crippen LogP contribution is 2.20. The van der Waals surface area contributed by atoms with Crippen molar-refractivity contribution in [1.29, 1.82) is 0 Å². The van der Waals surface area contributed by atoms with Gasteiger partial charge in [-0.3, -0.25) is 14.9 Å². The fourth-order valence-electron chi connectivity index (χ4n) is 2.00. The Kier molecular flexibility index (Phi) is 4.21. The highest BCUT2D eigenvalue weighted by molar-refractivity contribution is 7.89. The zero-order chi connectivity index (χ0) is 15.6. The summed E-state index contributed by atoms with van der Waals surface area (Å²) in [5, 5.41) is 22.2. The van der Waals surface area contributed by atoms with Crippen LogP contribution in [0.5, 0.6) is 0 Å². The quantitative estimate of drug-likeness (QED) is 0.573. The van der Waals surface area contributed by atoms with Crippen molar-refractivity contribution in [1.82, 2.24) is 9.62 Å². The maximum Gasteiger partial charge on any atom is 0.322 e. The number of nitrogens with zero attached hydrogens (tertiary/aromatic N) is 2. The van der Waals surface area contributed by atoms with Crippen LogP contribution in [0.2, 0.25) is 0 Å². The molecule has 0 bridgehead atoms. The minimum atomic E-state index is -3.86. The Morgan fingerprint density at radius 2 is 2.00 bits per heavy atom. The van der Waals surface area contributed by atoms with Crippen LogP contribution in [0, 0.1) is 10.1 Å². The van der Waals surface area contributed by atoms with Gasteiger partial charge in [-0.1, -0.05) is 0 Å². The molecule has 0 spiro atoms. The van der Waals surface area contributed by atoms with Crippen molar-refractivity contribution >= 4 is 21.7 Å². The van der Waals surface area contributed by atoms with Gasteiger partial charge in [0, 0.05) is 31.8 Å². The Morgan fingerprint density at radius 3 is 2.52 bits per heavy atom. The molecule has 1 aliphatic heterocycles. The number of nitro benzene ring substituents is 1. The van der Waals surface area contributed by atoms with E-state index in [0.717, 1.165) is 28.6 Å². The van der Waals surface area contributed by atoms with Crippen LogP contribution in [-0.2, 0) is 14.8 Å². The molecule has 1 unspecified atom stereocenters. The lowest BCUT2D eigenvalue weighted by atomic mass is 10.2. The first-order valence-electron chi connectivity index (χ1n) is 6.03. The minimum Gasteiger partial charge on any atom is -0.480 e. The largest absolute Gasteiger partial charge is 0.480 e. The van der Waals surface area contributed by atoms with E-state index in [0.29, 0.717) is 0 Å². The third-order valence-electron chi connectivity index (χ3n) is 3.12. The molecular formula is C11H13N3O6S. The molecule has 1 fully saturated rings. The number of carboxylic acids is 1. The van der Waals surface area contributed by atoms with E-state index in [1.54, 1.807) is 0 Å². The summed E-state index contributed by atoms with van der Waals surface area (Å²) in [5.41, 5.74) is -0.210. The van der Waals surface area contributed by atoms with Gasteiger partial charge < -0.3 is 10.4 Å². The molecule has 1 saturated heterocycles. The van der Waals surface area contributed by atoms with Gasteiger partial charge in [0.2, 0.25) is 10.0 Å². The number of benzene rings is 1. The molecule has 1 aromatic carbocycles. The van der Waals surface area contributed by atoms with Gasteiger partial charge in [-0.05, 0) is 12.1 Å². The molecule has 10 heteroatoms. The number of non-ortho nitro benzene ring substituents is 1. The van der Waals surface area contributed by atoms with Crippen LogP contribution in [0.25, 0.3) is 0 Å². The van der Waals surface area contributed by atoms with Crippen LogP contribution in [-0.4, -0.2) is 54.4 Å². The number of piperazine rings is 1. The molecular weight excluding hydrogens is 302 g/mol. The maximum absolute atomic E-state index is 12.4. The summed E-state index contributed by atoms with van der Waals surface area (Å²) in [7, 11) is -3.86. The third kappa shape index (κ3) is 3.17. The number of rotatable bonds is 4. The Labute approximate surface area is 120 Å². The first-order chi connectivity index (χ1) is 9.82. The van der Waals surface area contributed by atoms with Crippen LogP contribution >= 0.6 is 0 Å². The third-order valence-corrected chi connectivity index (χ3v) is 5.00. The van der Waals surface area contributed by atoms with E-state index >= 15 is 0 Å². The number of nitro groups is 1. The van der Waals surface area contributed by atoms with Gasteiger partial charge in [0.1, 0.15) is 6.04 Å². The van der Waals surface area contributed by atoms with Gasteiger partial charge >= 0.3 is 5.97 Å². The molecule has 21 heavy (non-hydrogen) atoms. The van der Waals surface area contributed by atoms with Crippen molar-refractivity contribution in [2.24, 2.45) is 0 Å². The van der Waals surface area contributed by atoms with Crippen molar-refractivity contribution in [2.45, 2.75) is 10.9 Å². The second-order valence-electron chi connectivity index (χ2n) is 4.46. The minimum absolute atomic E-state index is 0.0980. The lowest BCUT2D eigenvalue weighted by Crippen LogP contribution is -2.55. The fourth-order valence-corrected chi connectivity index (χ4v) is 3.45. The highest BCUT2D eigenvalue weighted by atomic mass is 32.2. The van der Waals surface area contributed by atoms with Crippen molar-refractivity contribution in [3.8, 4) is 0 Å². The van der Waals surface area contributed by atoms with E-state index in [9.17, 15) is 23.3 Å². The summed E-state index contributed by atoms with van der Waals surface area (Å²) in [5.74, 6) is -1.13. The normalized spacial score (nSPS) is 20.1. The van der Waals surface area contributed by atoms with Gasteiger partial charge in [0.15, 0.2) is 0 Å². The number of nitrogens with one attached hydrogen (secondary N) is 1. The number of carbonyl (C=O) groups is 1. The zero-order valence-corrected chi connectivity index (χ0v) is 11.6. The second kappa shape index (κ2) is 5.76. The predicted molar refractivity (Wildman–Crippen MR) is 71.3 cm³/mol. The zero-order valence-electron chi connectivity index (χ0n) is 10.8. The van der Waals surface area contributed by atoms with Crippen LogP contribution in [0.3, 0.4) is 0 Å². The molecule has 0 aromatic heterocycles. The predicted octanol–water partition coefficient (Wildman–Crippen LogP) is -0.358. The lowest BCUT2D eigenvalue weighted by Gasteiger charge is -2.30. The van der Waals surface area contributed by atoms with E-state index in [2.05, 4.69) is 5.32 Å². The molecule has 0 saturated carbocycles. The van der Waals surface area contributed by atoms with Gasteiger partial charge in [-0.25, -0.2) is 8.42 Å². The number of carboxylic acid groups (broad SMARTS) is 1. The molecule has 1 aromatic rings. The van der Waals surface area contributed by atoms with Gasteiger partial charge in [-0.2, -0.15) is 4.31 Å². The molecule has 1 aliphatic rings. The fraction of sp³-hybridized carbons (Fsp3) is 0.364. The van der Waals surface area contributed by atoms with E-state index in [4.69, 9.17) is 5.11 Å². The van der Waals surface area contributed by atoms with Crippen LogP contribution in [0.4, 0.5) is 5.69 Å². The number of hydrogen-bond donors (Lipinski definition) is 2. The SMILES string of the molecule is O=C(O)C1CN(S(=O)(=O)c2ccc([N+](=O)[O-])cc2)CCN1. The lowest BCUT2D eigenvalue weighted by molar-refractivity contribution is -0.384. The number of hydrogen-bond acceptors (Lipinski definition) is 6. The highest BCUT2D eigenvalue weighted by Gasteiger charge is 2.33. The summed E-state index contributed by atoms with van der Waals surface area (Å²) >= 11 is 0. The van der Waals surface area contributed by atoms with E-state index < -0.39 is 27.0 Å². The van der Waals surface area contributed by atoms with Crippen LogP contribution < -0.4 is 5.32 Å². The summed E-state index contributed by atoms with van der Waals surface area (Å²) < 4.78 is 25.8. The van der Waals surface area contributed by atoms with Crippen molar-refractivity contribution in [2.75, 3.05) is 19.6 Å². The van der Waals surface area contributed by atoms with E-state index in [1.165, 1.54) is 0 Å². The first kappa shape index (κ1) is 15.4. The molecule has 0 aliphatic carbocycles. The Balaban J connectivity index is 2.24. The van der Waals surface area contributed by atoms with Gasteiger partial charge in [0.25, 0.3) is 5.69 Å². The Bertz CT molecular complexity index is 657. The van der Waals surface area contributed by atoms with Crippen molar-refractivity contribution in [3.63, 3.8) is 0 Å². The summed E-state index contributed by atoms with van der Waals surface area (Å²) in [6.45, 7) is 0.181. The average molecular weight is 315 g/mol. The molecule has 114 valence electrons. The van der Waals surface area contributed by atoms with E-state index in [1.807, 2.05) is 0 Å². The Hall–Kier alpha value is -2.04. The molecule has 0 radical (unpaired) electrons. The first-order valence-corrected chi connectivity index (χ1v) is 7.47. The van der Waals surface area contributed by atoms with Crippen LogP contribution in [0.15, 0.2) is 29.2 Å². The Morgan fingerprint density at radius 1 is 1.38 bits per heavy atom. The van der Waals surface area contributed by atoms with E-state index in [-0.39, 0.29) is 30.2 Å². The smallest absolute Gasteiger partial charge is 0.322 e. The summed E-state index contributed by atoms with van der Waals surface area (Å²) in [4.78, 5) is 20.8. The molecule has 9 nitrogen and oxygen atoms in total. The summed E-state index contributed by atoms with van der Waals surface area (Å²) in [6, 6.07) is 3.52. The monoisotopic (exact) mass is 315 g/mol. The topological polar surface area (TPSA) is 130 Å². The number of sulfonamides is 1. The van der Waals surface area contributed by atoms with Gasteiger partial charge in [0.05, 0.1) is 9.82 Å². The van der Waals surface area contributed by atoms with Crippen LogP contribution in [0.1, 0.15) is 0 Å². The average Bonchev–Trinajstić information content (AvgIpc) is 2.47. The molecule has 2 rings (SSSR count). The number of aliphatic carboxylic acids is 1. The second-order valence-corrected chi connectivity index (χ2v) is 6.40. The van der Waals surface area contributed by atoms with Gasteiger partial charge in [-0.15, -0.1) is 0 Å². The molecule has 2 N–H and O–H groups in total.